The first-order valence-corrected chi connectivity index (χ1v) is 10.0. The molecule has 2 aliphatic rings. The van der Waals surface area contributed by atoms with Gasteiger partial charge in [0, 0.05) is 38.7 Å². The summed E-state index contributed by atoms with van der Waals surface area (Å²) in [6.07, 6.45) is 8.54. The quantitative estimate of drug-likeness (QED) is 0.665. The van der Waals surface area contributed by atoms with Crippen LogP contribution < -0.4 is 4.90 Å². The normalized spacial score (nSPS) is 17.3. The molecule has 4 heterocycles. The fraction of sp³-hybridized carbons (Fsp3) is 0.632. The standard InChI is InChI=1S/C19H26N8/c1-13-11-20-14(2)18-21-16(23-27(13)18)7-8-17-22-19(25-9-3-4-10-25)24-26(17)12-15-5-6-15/h11,15H,3-10,12H2,1-2H3. The molecule has 0 radical (unpaired) electrons. The van der Waals surface area contributed by atoms with Gasteiger partial charge < -0.3 is 4.90 Å². The van der Waals surface area contributed by atoms with Crippen LogP contribution in [0.5, 0.6) is 0 Å². The van der Waals surface area contributed by atoms with Gasteiger partial charge in [0.05, 0.1) is 11.4 Å². The molecule has 27 heavy (non-hydrogen) atoms. The molecule has 0 atom stereocenters. The molecule has 0 spiro atoms. The van der Waals surface area contributed by atoms with Crippen LogP contribution in [0, 0.1) is 19.8 Å². The number of anilines is 1. The molecule has 0 bridgehead atoms. The van der Waals surface area contributed by atoms with Crippen molar-refractivity contribution in [2.24, 2.45) is 5.92 Å². The van der Waals surface area contributed by atoms with Gasteiger partial charge in [-0.15, -0.1) is 5.10 Å². The molecule has 1 saturated carbocycles. The number of hydrogen-bond donors (Lipinski definition) is 0. The molecule has 0 unspecified atom stereocenters. The van der Waals surface area contributed by atoms with Crippen molar-refractivity contribution in [3.05, 3.63) is 29.2 Å². The van der Waals surface area contributed by atoms with Crippen LogP contribution in [0.2, 0.25) is 0 Å². The highest BCUT2D eigenvalue weighted by atomic mass is 15.4. The molecule has 142 valence electrons. The molecule has 1 aliphatic heterocycles. The monoisotopic (exact) mass is 366 g/mol. The molecule has 8 nitrogen and oxygen atoms in total. The zero-order chi connectivity index (χ0) is 18.4. The molecule has 8 heteroatoms. The molecule has 0 aromatic carbocycles. The summed E-state index contributed by atoms with van der Waals surface area (Å²) in [5.41, 5.74) is 2.76. The second kappa shape index (κ2) is 6.58. The summed E-state index contributed by atoms with van der Waals surface area (Å²) in [5, 5.41) is 9.50. The Bertz CT molecular complexity index is 923. The average Bonchev–Trinajstić information content (AvgIpc) is 3.08. The van der Waals surface area contributed by atoms with E-state index in [-0.39, 0.29) is 0 Å². The first-order valence-electron chi connectivity index (χ1n) is 10.0. The third-order valence-corrected chi connectivity index (χ3v) is 5.58. The second-order valence-electron chi connectivity index (χ2n) is 7.90. The molecule has 0 amide bonds. The molecule has 1 aliphatic carbocycles. The molecule has 0 N–H and O–H groups in total. The van der Waals surface area contributed by atoms with Gasteiger partial charge in [-0.2, -0.15) is 10.1 Å². The van der Waals surface area contributed by atoms with E-state index in [2.05, 4.69) is 19.7 Å². The third-order valence-electron chi connectivity index (χ3n) is 5.58. The van der Waals surface area contributed by atoms with Crippen molar-refractivity contribution >= 4 is 11.6 Å². The van der Waals surface area contributed by atoms with Gasteiger partial charge in [-0.3, -0.25) is 4.98 Å². The summed E-state index contributed by atoms with van der Waals surface area (Å²) >= 11 is 0. The Balaban J connectivity index is 1.38. The number of aryl methyl sites for hydroxylation is 4. The minimum absolute atomic E-state index is 0.767. The van der Waals surface area contributed by atoms with Gasteiger partial charge in [-0.1, -0.05) is 0 Å². The van der Waals surface area contributed by atoms with E-state index >= 15 is 0 Å². The lowest BCUT2D eigenvalue weighted by Gasteiger charge is -2.10. The van der Waals surface area contributed by atoms with Gasteiger partial charge in [0.25, 0.3) is 0 Å². The van der Waals surface area contributed by atoms with Gasteiger partial charge >= 0.3 is 0 Å². The van der Waals surface area contributed by atoms with Crippen molar-refractivity contribution in [1.82, 2.24) is 34.3 Å². The van der Waals surface area contributed by atoms with E-state index < -0.39 is 0 Å². The maximum Gasteiger partial charge on any atom is 0.244 e. The van der Waals surface area contributed by atoms with Crippen molar-refractivity contribution in [2.75, 3.05) is 18.0 Å². The van der Waals surface area contributed by atoms with Gasteiger partial charge in [-0.25, -0.2) is 14.2 Å². The fourth-order valence-corrected chi connectivity index (χ4v) is 3.76. The zero-order valence-corrected chi connectivity index (χ0v) is 16.1. The van der Waals surface area contributed by atoms with E-state index in [1.165, 1.54) is 25.7 Å². The van der Waals surface area contributed by atoms with Crippen molar-refractivity contribution in [3.63, 3.8) is 0 Å². The van der Waals surface area contributed by atoms with Crippen LogP contribution in [0.3, 0.4) is 0 Å². The maximum absolute atomic E-state index is 4.88. The van der Waals surface area contributed by atoms with Gasteiger partial charge in [0.15, 0.2) is 11.5 Å². The number of rotatable bonds is 6. The first kappa shape index (κ1) is 16.6. The van der Waals surface area contributed by atoms with Gasteiger partial charge in [-0.05, 0) is 45.4 Å². The van der Waals surface area contributed by atoms with E-state index in [1.807, 2.05) is 24.6 Å². The van der Waals surface area contributed by atoms with Crippen molar-refractivity contribution in [3.8, 4) is 0 Å². The minimum atomic E-state index is 0.767. The summed E-state index contributed by atoms with van der Waals surface area (Å²) in [5.74, 6) is 3.59. The summed E-state index contributed by atoms with van der Waals surface area (Å²) < 4.78 is 4.03. The highest BCUT2D eigenvalue weighted by Gasteiger charge is 2.26. The van der Waals surface area contributed by atoms with Crippen molar-refractivity contribution in [1.29, 1.82) is 0 Å². The van der Waals surface area contributed by atoms with E-state index in [4.69, 9.17) is 15.1 Å². The summed E-state index contributed by atoms with van der Waals surface area (Å²) in [6, 6.07) is 0. The van der Waals surface area contributed by atoms with E-state index in [0.29, 0.717) is 0 Å². The summed E-state index contributed by atoms with van der Waals surface area (Å²) in [4.78, 5) is 16.3. The Kier molecular flexibility index (Phi) is 4.06. The number of aromatic nitrogens is 7. The number of hydrogen-bond acceptors (Lipinski definition) is 6. The van der Waals surface area contributed by atoms with Crippen molar-refractivity contribution < 1.29 is 0 Å². The Labute approximate surface area is 158 Å². The maximum atomic E-state index is 4.88. The average molecular weight is 366 g/mol. The van der Waals surface area contributed by atoms with E-state index in [0.717, 1.165) is 73.0 Å². The lowest BCUT2D eigenvalue weighted by molar-refractivity contribution is 0.532. The van der Waals surface area contributed by atoms with Crippen LogP contribution in [0.25, 0.3) is 5.65 Å². The second-order valence-corrected chi connectivity index (χ2v) is 7.90. The molecule has 5 rings (SSSR count). The molecule has 1 saturated heterocycles. The first-order chi connectivity index (χ1) is 13.2. The van der Waals surface area contributed by atoms with Crippen LogP contribution in [-0.2, 0) is 19.4 Å². The smallest absolute Gasteiger partial charge is 0.244 e. The summed E-state index contributed by atoms with van der Waals surface area (Å²) in [7, 11) is 0. The van der Waals surface area contributed by atoms with Crippen molar-refractivity contribution in [2.45, 2.75) is 58.9 Å². The number of nitrogens with zero attached hydrogens (tertiary/aromatic N) is 8. The predicted octanol–water partition coefficient (Wildman–Crippen LogP) is 2.13. The summed E-state index contributed by atoms with van der Waals surface area (Å²) in [6.45, 7) is 7.13. The largest absolute Gasteiger partial charge is 0.340 e. The van der Waals surface area contributed by atoms with E-state index in [9.17, 15) is 0 Å². The van der Waals surface area contributed by atoms with Gasteiger partial charge in [0.2, 0.25) is 5.95 Å². The lowest BCUT2D eigenvalue weighted by atomic mass is 10.3. The number of fused-ring (bicyclic) bond motifs is 1. The van der Waals surface area contributed by atoms with Crippen LogP contribution in [0.1, 0.15) is 48.7 Å². The highest BCUT2D eigenvalue weighted by molar-refractivity contribution is 5.43. The Hall–Kier alpha value is -2.51. The lowest BCUT2D eigenvalue weighted by Crippen LogP contribution is -2.19. The molecular weight excluding hydrogens is 340 g/mol. The minimum Gasteiger partial charge on any atom is -0.340 e. The fourth-order valence-electron chi connectivity index (χ4n) is 3.76. The van der Waals surface area contributed by atoms with Crippen LogP contribution in [-0.4, -0.2) is 47.4 Å². The Morgan fingerprint density at radius 3 is 2.59 bits per heavy atom. The Morgan fingerprint density at radius 1 is 1.04 bits per heavy atom. The third kappa shape index (κ3) is 3.28. The van der Waals surface area contributed by atoms with Crippen LogP contribution in [0.4, 0.5) is 5.95 Å². The molecule has 3 aromatic heterocycles. The predicted molar refractivity (Wildman–Crippen MR) is 102 cm³/mol. The Morgan fingerprint density at radius 2 is 1.85 bits per heavy atom. The van der Waals surface area contributed by atoms with Gasteiger partial charge in [0.1, 0.15) is 5.82 Å². The van der Waals surface area contributed by atoms with Crippen LogP contribution in [0.15, 0.2) is 6.20 Å². The highest BCUT2D eigenvalue weighted by Crippen LogP contribution is 2.31. The zero-order valence-electron chi connectivity index (χ0n) is 16.1. The van der Waals surface area contributed by atoms with Crippen LogP contribution >= 0.6 is 0 Å². The molecule has 2 fully saturated rings. The molecule has 3 aromatic rings. The molecular formula is C19H26N8. The SMILES string of the molecule is Cc1ncc(C)n2nc(CCc3nc(N4CCCC4)nn3CC3CC3)nc12. The van der Waals surface area contributed by atoms with E-state index in [1.54, 1.807) is 0 Å². The topological polar surface area (TPSA) is 77.0 Å².